The Kier molecular flexibility index (Phi) is 4.26. The molecule has 4 rings (SSSR count). The minimum atomic E-state index is -0.833. The van der Waals surface area contributed by atoms with Crippen molar-refractivity contribution < 1.29 is 14.0 Å². The van der Waals surface area contributed by atoms with Gasteiger partial charge in [-0.3, -0.25) is 14.3 Å². The fourth-order valence-electron chi connectivity index (χ4n) is 3.01. The Morgan fingerprint density at radius 3 is 2.77 bits per heavy atom. The first-order valence-corrected chi connectivity index (χ1v) is 9.66. The zero-order chi connectivity index (χ0) is 18.3. The summed E-state index contributed by atoms with van der Waals surface area (Å²) < 4.78 is 7.54. The Balaban J connectivity index is 1.44. The summed E-state index contributed by atoms with van der Waals surface area (Å²) in [5, 5.41) is 12.2. The van der Waals surface area contributed by atoms with E-state index < -0.39 is 5.54 Å². The van der Waals surface area contributed by atoms with E-state index in [0.717, 1.165) is 29.6 Å². The predicted molar refractivity (Wildman–Crippen MR) is 94.9 cm³/mol. The number of aromatic nitrogens is 3. The summed E-state index contributed by atoms with van der Waals surface area (Å²) in [6.45, 7) is 4.35. The molecule has 0 bridgehead atoms. The molecule has 2 aliphatic rings. The standard InChI is InChI=1S/C17H21N5O3S/c1-17(2)14(23)21(15(24)18-17)7-9-26-16-20-19-13(11-5-6-11)22(16)10-12-4-3-8-25-12/h3-4,8,11H,5-7,9-10H2,1-2H3,(H,18,24). The molecular formula is C17H21N5O3S. The van der Waals surface area contributed by atoms with Crippen LogP contribution < -0.4 is 5.32 Å². The lowest BCUT2D eigenvalue weighted by atomic mass is 10.1. The summed E-state index contributed by atoms with van der Waals surface area (Å²) in [5.74, 6) is 2.68. The van der Waals surface area contributed by atoms with E-state index in [9.17, 15) is 9.59 Å². The molecule has 0 atom stereocenters. The molecule has 1 saturated heterocycles. The van der Waals surface area contributed by atoms with Gasteiger partial charge >= 0.3 is 6.03 Å². The van der Waals surface area contributed by atoms with Crippen LogP contribution in [0.5, 0.6) is 0 Å². The van der Waals surface area contributed by atoms with Gasteiger partial charge in [0.05, 0.1) is 12.8 Å². The molecular weight excluding hydrogens is 354 g/mol. The number of nitrogens with zero attached hydrogens (tertiary/aromatic N) is 4. The lowest BCUT2D eigenvalue weighted by Crippen LogP contribution is -2.40. The van der Waals surface area contributed by atoms with Crippen LogP contribution in [0.15, 0.2) is 28.0 Å². The summed E-state index contributed by atoms with van der Waals surface area (Å²) >= 11 is 1.50. The van der Waals surface area contributed by atoms with Gasteiger partial charge in [0, 0.05) is 18.2 Å². The highest BCUT2D eigenvalue weighted by molar-refractivity contribution is 7.99. The van der Waals surface area contributed by atoms with Crippen molar-refractivity contribution in [3.8, 4) is 0 Å². The van der Waals surface area contributed by atoms with Crippen molar-refractivity contribution in [1.82, 2.24) is 25.0 Å². The molecule has 8 nitrogen and oxygen atoms in total. The summed E-state index contributed by atoms with van der Waals surface area (Å²) in [6, 6.07) is 3.46. The number of urea groups is 1. The maximum absolute atomic E-state index is 12.2. The van der Waals surface area contributed by atoms with Crippen LogP contribution in [0, 0.1) is 0 Å². The number of amides is 3. The number of thioether (sulfide) groups is 1. The van der Waals surface area contributed by atoms with Gasteiger partial charge in [0.25, 0.3) is 5.91 Å². The molecule has 3 amide bonds. The highest BCUT2D eigenvalue weighted by Gasteiger charge is 2.43. The summed E-state index contributed by atoms with van der Waals surface area (Å²) in [7, 11) is 0. The number of furan rings is 1. The number of nitrogens with one attached hydrogen (secondary N) is 1. The first-order chi connectivity index (χ1) is 12.5. The molecule has 1 N–H and O–H groups in total. The number of rotatable bonds is 7. The Morgan fingerprint density at radius 1 is 1.35 bits per heavy atom. The monoisotopic (exact) mass is 375 g/mol. The van der Waals surface area contributed by atoms with E-state index in [4.69, 9.17) is 4.42 Å². The molecule has 2 aromatic rings. The van der Waals surface area contributed by atoms with Crippen molar-refractivity contribution >= 4 is 23.7 Å². The Hall–Kier alpha value is -2.29. The molecule has 0 spiro atoms. The van der Waals surface area contributed by atoms with E-state index >= 15 is 0 Å². The zero-order valence-electron chi connectivity index (χ0n) is 14.8. The maximum atomic E-state index is 12.2. The molecule has 9 heteroatoms. The fraction of sp³-hybridized carbons (Fsp3) is 0.529. The van der Waals surface area contributed by atoms with Crippen molar-refractivity contribution in [2.75, 3.05) is 12.3 Å². The number of hydrogen-bond donors (Lipinski definition) is 1. The van der Waals surface area contributed by atoms with Crippen molar-refractivity contribution in [1.29, 1.82) is 0 Å². The van der Waals surface area contributed by atoms with Crippen molar-refractivity contribution in [3.05, 3.63) is 30.0 Å². The number of imide groups is 1. The van der Waals surface area contributed by atoms with E-state index in [0.29, 0.717) is 24.8 Å². The van der Waals surface area contributed by atoms with Gasteiger partial charge in [-0.2, -0.15) is 0 Å². The topological polar surface area (TPSA) is 93.3 Å². The Labute approximate surface area is 155 Å². The van der Waals surface area contributed by atoms with Crippen molar-refractivity contribution in [2.24, 2.45) is 0 Å². The molecule has 0 unspecified atom stereocenters. The van der Waals surface area contributed by atoms with Crippen LogP contribution in [0.4, 0.5) is 4.79 Å². The highest BCUT2D eigenvalue weighted by Crippen LogP contribution is 2.40. The first-order valence-electron chi connectivity index (χ1n) is 8.68. The quantitative estimate of drug-likeness (QED) is 0.589. The van der Waals surface area contributed by atoms with E-state index in [1.54, 1.807) is 20.1 Å². The average Bonchev–Trinajstić information content (AvgIpc) is 3.09. The first kappa shape index (κ1) is 17.1. The largest absolute Gasteiger partial charge is 0.467 e. The molecule has 3 heterocycles. The summed E-state index contributed by atoms with van der Waals surface area (Å²) in [5.41, 5.74) is -0.833. The minimum absolute atomic E-state index is 0.196. The third kappa shape index (κ3) is 3.23. The SMILES string of the molecule is CC1(C)NC(=O)N(CCSc2nnc(C3CC3)n2Cc2ccco2)C1=O. The molecule has 1 aliphatic heterocycles. The second-order valence-corrected chi connectivity index (χ2v) is 8.20. The molecule has 0 radical (unpaired) electrons. The van der Waals surface area contributed by atoms with Crippen molar-refractivity contribution in [2.45, 2.75) is 49.8 Å². The normalized spacial score (nSPS) is 19.2. The Bertz CT molecular complexity index is 826. The van der Waals surface area contributed by atoms with Crippen LogP contribution in [-0.2, 0) is 11.3 Å². The van der Waals surface area contributed by atoms with E-state index in [-0.39, 0.29) is 11.9 Å². The smallest absolute Gasteiger partial charge is 0.325 e. The Morgan fingerprint density at radius 2 is 2.15 bits per heavy atom. The number of carbonyl (C=O) groups is 2. The molecule has 2 fully saturated rings. The van der Waals surface area contributed by atoms with Crippen LogP contribution in [0.1, 0.15) is 44.2 Å². The van der Waals surface area contributed by atoms with Gasteiger partial charge in [0.1, 0.15) is 17.1 Å². The van der Waals surface area contributed by atoms with Gasteiger partial charge in [-0.05, 0) is 38.8 Å². The molecule has 138 valence electrons. The molecule has 2 aromatic heterocycles. The lowest BCUT2D eigenvalue weighted by molar-refractivity contribution is -0.130. The van der Waals surface area contributed by atoms with Crippen LogP contribution >= 0.6 is 11.8 Å². The van der Waals surface area contributed by atoms with Crippen LogP contribution in [-0.4, -0.2) is 49.4 Å². The highest BCUT2D eigenvalue weighted by atomic mass is 32.2. The van der Waals surface area contributed by atoms with Crippen LogP contribution in [0.2, 0.25) is 0 Å². The van der Waals surface area contributed by atoms with Gasteiger partial charge in [0.15, 0.2) is 5.16 Å². The van der Waals surface area contributed by atoms with Gasteiger partial charge in [-0.1, -0.05) is 11.8 Å². The van der Waals surface area contributed by atoms with Gasteiger partial charge < -0.3 is 9.73 Å². The minimum Gasteiger partial charge on any atom is -0.467 e. The third-order valence-corrected chi connectivity index (χ3v) is 5.52. The van der Waals surface area contributed by atoms with Crippen molar-refractivity contribution in [3.63, 3.8) is 0 Å². The van der Waals surface area contributed by atoms with Crippen LogP contribution in [0.25, 0.3) is 0 Å². The third-order valence-electron chi connectivity index (χ3n) is 4.57. The van der Waals surface area contributed by atoms with E-state index in [1.807, 2.05) is 12.1 Å². The lowest BCUT2D eigenvalue weighted by Gasteiger charge is -2.15. The second-order valence-electron chi connectivity index (χ2n) is 7.14. The van der Waals surface area contributed by atoms with Gasteiger partial charge in [-0.25, -0.2) is 4.79 Å². The maximum Gasteiger partial charge on any atom is 0.325 e. The average molecular weight is 375 g/mol. The van der Waals surface area contributed by atoms with E-state index in [1.165, 1.54) is 16.7 Å². The molecule has 26 heavy (non-hydrogen) atoms. The summed E-state index contributed by atoms with van der Waals surface area (Å²) in [6.07, 6.45) is 3.93. The number of carbonyl (C=O) groups excluding carboxylic acids is 2. The van der Waals surface area contributed by atoms with Gasteiger partial charge in [-0.15, -0.1) is 10.2 Å². The molecule has 0 aromatic carbocycles. The summed E-state index contributed by atoms with van der Waals surface area (Å²) in [4.78, 5) is 25.5. The van der Waals surface area contributed by atoms with E-state index in [2.05, 4.69) is 20.1 Å². The predicted octanol–water partition coefficient (Wildman–Crippen LogP) is 2.22. The molecule has 1 aliphatic carbocycles. The second kappa shape index (κ2) is 6.46. The zero-order valence-corrected chi connectivity index (χ0v) is 15.6. The molecule has 1 saturated carbocycles. The number of hydrogen-bond acceptors (Lipinski definition) is 6. The fourth-order valence-corrected chi connectivity index (χ4v) is 3.88. The van der Waals surface area contributed by atoms with Gasteiger partial charge in [0.2, 0.25) is 0 Å². The van der Waals surface area contributed by atoms with Crippen LogP contribution in [0.3, 0.4) is 0 Å².